The van der Waals surface area contributed by atoms with Crippen molar-refractivity contribution in [3.63, 3.8) is 0 Å². The average molecular weight is 302 g/mol. The van der Waals surface area contributed by atoms with E-state index in [9.17, 15) is 0 Å². The Morgan fingerprint density at radius 3 is 2.26 bits per heavy atom. The van der Waals surface area contributed by atoms with E-state index in [0.29, 0.717) is 0 Å². The maximum absolute atomic E-state index is 4.97. The summed E-state index contributed by atoms with van der Waals surface area (Å²) in [5, 5.41) is 0. The Morgan fingerprint density at radius 2 is 1.57 bits per heavy atom. The highest BCUT2D eigenvalue weighted by molar-refractivity contribution is 5.69. The van der Waals surface area contributed by atoms with Gasteiger partial charge in [-0.25, -0.2) is 4.98 Å². The number of rotatable bonds is 4. The van der Waals surface area contributed by atoms with E-state index in [4.69, 9.17) is 4.98 Å². The molecule has 2 nitrogen and oxygen atoms in total. The van der Waals surface area contributed by atoms with Crippen molar-refractivity contribution in [1.29, 1.82) is 0 Å². The molecule has 0 atom stereocenters. The molecule has 0 aliphatic rings. The summed E-state index contributed by atoms with van der Waals surface area (Å²) in [5.74, 6) is 0. The maximum Gasteiger partial charge on any atom is 0.0741 e. The Balaban J connectivity index is 2.13. The number of pyridine rings is 2. The van der Waals surface area contributed by atoms with Gasteiger partial charge in [-0.15, -0.1) is 0 Å². The Kier molecular flexibility index (Phi) is 4.52. The molecular weight excluding hydrogens is 280 g/mol. The lowest BCUT2D eigenvalue weighted by Crippen LogP contribution is -1.97. The fourth-order valence-corrected chi connectivity index (χ4v) is 2.85. The number of nitrogens with zero attached hydrogens (tertiary/aromatic N) is 2. The highest BCUT2D eigenvalue weighted by atomic mass is 14.7. The van der Waals surface area contributed by atoms with E-state index >= 15 is 0 Å². The molecule has 0 saturated carbocycles. The second-order valence-corrected chi connectivity index (χ2v) is 5.77. The quantitative estimate of drug-likeness (QED) is 0.658. The monoisotopic (exact) mass is 302 g/mol. The van der Waals surface area contributed by atoms with Crippen LogP contribution in [0.5, 0.6) is 0 Å². The summed E-state index contributed by atoms with van der Waals surface area (Å²) in [7, 11) is 0. The summed E-state index contributed by atoms with van der Waals surface area (Å²) in [5.41, 5.74) is 7.85. The lowest BCUT2D eigenvalue weighted by molar-refractivity contribution is 1.01. The molecule has 2 heterocycles. The SMILES string of the molecule is CCc1cc(-c2ccc(CC)c(-c3ccccc3)n2)cc(C)n1. The summed E-state index contributed by atoms with van der Waals surface area (Å²) in [6.45, 7) is 6.35. The van der Waals surface area contributed by atoms with E-state index in [0.717, 1.165) is 41.2 Å². The van der Waals surface area contributed by atoms with E-state index in [-0.39, 0.29) is 0 Å². The van der Waals surface area contributed by atoms with Crippen LogP contribution in [0, 0.1) is 6.92 Å². The van der Waals surface area contributed by atoms with Crippen molar-refractivity contribution in [3.8, 4) is 22.5 Å². The zero-order valence-corrected chi connectivity index (χ0v) is 14.0. The second kappa shape index (κ2) is 6.74. The molecule has 2 heteroatoms. The third-order valence-corrected chi connectivity index (χ3v) is 4.07. The second-order valence-electron chi connectivity index (χ2n) is 5.77. The van der Waals surface area contributed by atoms with Crippen LogP contribution in [0.15, 0.2) is 54.6 Å². The van der Waals surface area contributed by atoms with Gasteiger partial charge in [-0.2, -0.15) is 0 Å². The van der Waals surface area contributed by atoms with Gasteiger partial charge in [-0.1, -0.05) is 50.2 Å². The van der Waals surface area contributed by atoms with Crippen LogP contribution in [0.2, 0.25) is 0 Å². The van der Waals surface area contributed by atoms with Crippen molar-refractivity contribution in [3.05, 3.63) is 71.5 Å². The standard InChI is InChI=1S/C21H22N2/c1-4-16-11-12-20(18-13-15(3)22-19(5-2)14-18)23-21(16)17-9-7-6-8-10-17/h6-14H,4-5H2,1-3H3. The normalized spacial score (nSPS) is 10.7. The van der Waals surface area contributed by atoms with Gasteiger partial charge < -0.3 is 0 Å². The van der Waals surface area contributed by atoms with Crippen molar-refractivity contribution in [2.45, 2.75) is 33.6 Å². The predicted octanol–water partition coefficient (Wildman–Crippen LogP) is 5.24. The molecule has 0 fully saturated rings. The summed E-state index contributed by atoms with van der Waals surface area (Å²) < 4.78 is 0. The van der Waals surface area contributed by atoms with Crippen LogP contribution in [-0.2, 0) is 12.8 Å². The highest BCUT2D eigenvalue weighted by Gasteiger charge is 2.09. The van der Waals surface area contributed by atoms with Crippen LogP contribution in [-0.4, -0.2) is 9.97 Å². The molecule has 0 radical (unpaired) electrons. The van der Waals surface area contributed by atoms with Gasteiger partial charge in [-0.3, -0.25) is 4.98 Å². The highest BCUT2D eigenvalue weighted by Crippen LogP contribution is 2.27. The number of aromatic nitrogens is 2. The van der Waals surface area contributed by atoms with Crippen LogP contribution in [0.25, 0.3) is 22.5 Å². The lowest BCUT2D eigenvalue weighted by Gasteiger charge is -2.11. The minimum absolute atomic E-state index is 0.938. The molecule has 0 N–H and O–H groups in total. The summed E-state index contributed by atoms with van der Waals surface area (Å²) in [4.78, 5) is 9.54. The first kappa shape index (κ1) is 15.4. The molecule has 0 saturated heterocycles. The van der Waals surface area contributed by atoms with Gasteiger partial charge in [0.2, 0.25) is 0 Å². The summed E-state index contributed by atoms with van der Waals surface area (Å²) >= 11 is 0. The largest absolute Gasteiger partial charge is 0.258 e. The van der Waals surface area contributed by atoms with E-state index in [1.165, 1.54) is 11.1 Å². The van der Waals surface area contributed by atoms with Gasteiger partial charge in [0.25, 0.3) is 0 Å². The lowest BCUT2D eigenvalue weighted by atomic mass is 10.0. The molecule has 0 unspecified atom stereocenters. The third-order valence-electron chi connectivity index (χ3n) is 4.07. The van der Waals surface area contributed by atoms with Crippen molar-refractivity contribution in [2.75, 3.05) is 0 Å². The topological polar surface area (TPSA) is 25.8 Å². The zero-order valence-electron chi connectivity index (χ0n) is 14.0. The van der Waals surface area contributed by atoms with E-state index in [2.05, 4.69) is 67.4 Å². The Labute approximate surface area is 138 Å². The van der Waals surface area contributed by atoms with Crippen molar-refractivity contribution in [1.82, 2.24) is 9.97 Å². The van der Waals surface area contributed by atoms with Crippen LogP contribution in [0.3, 0.4) is 0 Å². The van der Waals surface area contributed by atoms with Gasteiger partial charge in [-0.05, 0) is 43.5 Å². The summed E-state index contributed by atoms with van der Waals surface area (Å²) in [6, 6.07) is 19.0. The van der Waals surface area contributed by atoms with Crippen molar-refractivity contribution < 1.29 is 0 Å². The first-order chi connectivity index (χ1) is 11.2. The maximum atomic E-state index is 4.97. The molecule has 0 spiro atoms. The molecule has 0 aliphatic carbocycles. The van der Waals surface area contributed by atoms with Gasteiger partial charge in [0.1, 0.15) is 0 Å². The molecule has 116 valence electrons. The summed E-state index contributed by atoms with van der Waals surface area (Å²) in [6.07, 6.45) is 1.92. The zero-order chi connectivity index (χ0) is 16.2. The van der Waals surface area contributed by atoms with Crippen LogP contribution < -0.4 is 0 Å². The molecule has 3 rings (SSSR count). The Hall–Kier alpha value is -2.48. The average Bonchev–Trinajstić information content (AvgIpc) is 2.61. The van der Waals surface area contributed by atoms with Crippen LogP contribution in [0.4, 0.5) is 0 Å². The molecule has 0 bridgehead atoms. The molecule has 2 aromatic heterocycles. The fourth-order valence-electron chi connectivity index (χ4n) is 2.85. The van der Waals surface area contributed by atoms with Gasteiger partial charge >= 0.3 is 0 Å². The minimum Gasteiger partial charge on any atom is -0.258 e. The van der Waals surface area contributed by atoms with E-state index in [1.807, 2.05) is 13.0 Å². The van der Waals surface area contributed by atoms with Gasteiger partial charge in [0.05, 0.1) is 11.4 Å². The molecule has 23 heavy (non-hydrogen) atoms. The number of hydrogen-bond acceptors (Lipinski definition) is 2. The van der Waals surface area contributed by atoms with Gasteiger partial charge in [0.15, 0.2) is 0 Å². The molecule has 3 aromatic rings. The Bertz CT molecular complexity index is 807. The van der Waals surface area contributed by atoms with Crippen LogP contribution in [0.1, 0.15) is 30.8 Å². The Morgan fingerprint density at radius 1 is 0.783 bits per heavy atom. The molecule has 1 aromatic carbocycles. The third kappa shape index (κ3) is 3.31. The smallest absolute Gasteiger partial charge is 0.0741 e. The fraction of sp³-hybridized carbons (Fsp3) is 0.238. The molecule has 0 aliphatic heterocycles. The minimum atomic E-state index is 0.938. The van der Waals surface area contributed by atoms with Crippen LogP contribution >= 0.6 is 0 Å². The molecule has 0 amide bonds. The van der Waals surface area contributed by atoms with E-state index in [1.54, 1.807) is 0 Å². The van der Waals surface area contributed by atoms with E-state index < -0.39 is 0 Å². The first-order valence-electron chi connectivity index (χ1n) is 8.24. The van der Waals surface area contributed by atoms with Gasteiger partial charge in [0, 0.05) is 22.5 Å². The first-order valence-corrected chi connectivity index (χ1v) is 8.24. The van der Waals surface area contributed by atoms with Crippen molar-refractivity contribution >= 4 is 0 Å². The number of benzene rings is 1. The number of hydrogen-bond donors (Lipinski definition) is 0. The molecular formula is C21H22N2. The number of aryl methyl sites for hydroxylation is 3. The predicted molar refractivity (Wildman–Crippen MR) is 96.4 cm³/mol. The van der Waals surface area contributed by atoms with Crippen molar-refractivity contribution in [2.24, 2.45) is 0 Å².